The van der Waals surface area contributed by atoms with Gasteiger partial charge in [-0.15, -0.1) is 10.2 Å². The maximum atomic E-state index is 12.7. The number of amides is 2. The Balaban J connectivity index is 1.43. The topological polar surface area (TPSA) is 130 Å². The number of ether oxygens (including phenoxy) is 4. The van der Waals surface area contributed by atoms with Crippen LogP contribution in [-0.2, 0) is 25.7 Å². The summed E-state index contributed by atoms with van der Waals surface area (Å²) in [5.41, 5.74) is 0.517. The van der Waals surface area contributed by atoms with Crippen LogP contribution >= 0.6 is 0 Å². The van der Waals surface area contributed by atoms with Gasteiger partial charge in [-0.1, -0.05) is 12.8 Å². The number of esters is 1. The predicted octanol–water partition coefficient (Wildman–Crippen LogP) is 2.37. The van der Waals surface area contributed by atoms with Crippen LogP contribution in [0.2, 0.25) is 0 Å². The van der Waals surface area contributed by atoms with Gasteiger partial charge in [0.25, 0.3) is 5.89 Å². The molecular weight excluding hydrogens is 446 g/mol. The molecule has 4 rings (SSSR count). The molecule has 1 aliphatic heterocycles. The van der Waals surface area contributed by atoms with Crippen molar-refractivity contribution < 1.29 is 37.7 Å². The lowest BCUT2D eigenvalue weighted by Crippen LogP contribution is -2.44. The first-order valence-corrected chi connectivity index (χ1v) is 11.1. The molecule has 1 aliphatic carbocycles. The smallest absolute Gasteiger partial charge is 0.329 e. The third-order valence-corrected chi connectivity index (χ3v) is 6.32. The minimum atomic E-state index is -1.02. The number of hydrogen-bond acceptors (Lipinski definition) is 10. The van der Waals surface area contributed by atoms with Crippen LogP contribution in [0.3, 0.4) is 0 Å². The van der Waals surface area contributed by atoms with E-state index >= 15 is 0 Å². The van der Waals surface area contributed by atoms with Crippen molar-refractivity contribution in [1.29, 1.82) is 0 Å². The summed E-state index contributed by atoms with van der Waals surface area (Å²) in [6.45, 7) is 1.19. The van der Waals surface area contributed by atoms with E-state index in [0.29, 0.717) is 35.7 Å². The van der Waals surface area contributed by atoms with Gasteiger partial charge in [-0.2, -0.15) is 0 Å². The standard InChI is InChI=1S/C23H27N3O8/c1-12(26-21(27)14-7-5-6-8-15(14)22(26)28)23(29)33-11-18-24-25-20(34-18)13-9-16(30-2)19(32-4)17(10-13)31-3/h9-10,12,14-15H,5-8,11H2,1-4H3. The van der Waals surface area contributed by atoms with E-state index in [4.69, 9.17) is 23.4 Å². The molecular formula is C23H27N3O8. The molecule has 0 spiro atoms. The molecule has 2 amide bonds. The van der Waals surface area contributed by atoms with Crippen molar-refractivity contribution in [2.45, 2.75) is 45.3 Å². The van der Waals surface area contributed by atoms with Crippen LogP contribution in [0.25, 0.3) is 11.5 Å². The van der Waals surface area contributed by atoms with Gasteiger partial charge in [0.1, 0.15) is 6.04 Å². The molecule has 0 N–H and O–H groups in total. The summed E-state index contributed by atoms with van der Waals surface area (Å²) in [6.07, 6.45) is 3.19. The Morgan fingerprint density at radius 2 is 1.62 bits per heavy atom. The van der Waals surface area contributed by atoms with Gasteiger partial charge in [0.2, 0.25) is 23.5 Å². The number of aromatic nitrogens is 2. The van der Waals surface area contributed by atoms with Crippen molar-refractivity contribution in [3.63, 3.8) is 0 Å². The summed E-state index contributed by atoms with van der Waals surface area (Å²) in [6, 6.07) is 2.27. The molecule has 2 heterocycles. The number of likely N-dealkylation sites (tertiary alicyclic amines) is 1. The highest BCUT2D eigenvalue weighted by Crippen LogP contribution is 2.41. The Kier molecular flexibility index (Phi) is 6.71. The second-order valence-electron chi connectivity index (χ2n) is 8.24. The molecule has 1 aromatic heterocycles. The summed E-state index contributed by atoms with van der Waals surface area (Å²) >= 11 is 0. The zero-order chi connectivity index (χ0) is 24.4. The molecule has 3 atom stereocenters. The number of hydrogen-bond donors (Lipinski definition) is 0. The van der Waals surface area contributed by atoms with Gasteiger partial charge in [-0.3, -0.25) is 14.5 Å². The fraction of sp³-hybridized carbons (Fsp3) is 0.522. The maximum absolute atomic E-state index is 12.7. The van der Waals surface area contributed by atoms with Crippen LogP contribution in [-0.4, -0.2) is 60.3 Å². The molecule has 2 aromatic rings. The molecule has 0 radical (unpaired) electrons. The molecule has 2 aliphatic rings. The van der Waals surface area contributed by atoms with E-state index in [1.807, 2.05) is 0 Å². The van der Waals surface area contributed by atoms with Crippen LogP contribution < -0.4 is 14.2 Å². The number of fused-ring (bicyclic) bond motifs is 1. The first-order chi connectivity index (χ1) is 16.4. The van der Waals surface area contributed by atoms with Crippen LogP contribution in [0.4, 0.5) is 0 Å². The van der Waals surface area contributed by atoms with E-state index in [1.54, 1.807) is 12.1 Å². The lowest BCUT2D eigenvalue weighted by Gasteiger charge is -2.21. The molecule has 11 nitrogen and oxygen atoms in total. The van der Waals surface area contributed by atoms with E-state index in [0.717, 1.165) is 17.7 Å². The Labute approximate surface area is 196 Å². The predicted molar refractivity (Wildman–Crippen MR) is 116 cm³/mol. The van der Waals surface area contributed by atoms with Gasteiger partial charge in [-0.05, 0) is 31.9 Å². The first-order valence-electron chi connectivity index (χ1n) is 11.1. The molecule has 3 unspecified atom stereocenters. The quantitative estimate of drug-likeness (QED) is 0.416. The van der Waals surface area contributed by atoms with Crippen molar-refractivity contribution in [3.8, 4) is 28.7 Å². The Morgan fingerprint density at radius 1 is 1.03 bits per heavy atom. The van der Waals surface area contributed by atoms with Gasteiger partial charge >= 0.3 is 5.97 Å². The van der Waals surface area contributed by atoms with E-state index in [1.165, 1.54) is 28.3 Å². The Morgan fingerprint density at radius 3 is 2.15 bits per heavy atom. The number of imide groups is 1. The summed E-state index contributed by atoms with van der Waals surface area (Å²) in [4.78, 5) is 39.1. The summed E-state index contributed by atoms with van der Waals surface area (Å²) < 4.78 is 26.9. The van der Waals surface area contributed by atoms with Gasteiger partial charge in [-0.25, -0.2) is 4.79 Å². The molecule has 2 fully saturated rings. The van der Waals surface area contributed by atoms with Crippen LogP contribution in [0.1, 0.15) is 38.5 Å². The van der Waals surface area contributed by atoms with Crippen LogP contribution in [0, 0.1) is 11.8 Å². The third-order valence-electron chi connectivity index (χ3n) is 6.32. The number of rotatable bonds is 8. The second-order valence-corrected chi connectivity index (χ2v) is 8.24. The number of carbonyl (C=O) groups excluding carboxylic acids is 3. The van der Waals surface area contributed by atoms with E-state index in [9.17, 15) is 14.4 Å². The second kappa shape index (κ2) is 9.70. The molecule has 182 valence electrons. The largest absolute Gasteiger partial charge is 0.493 e. The number of nitrogens with zero attached hydrogens (tertiary/aromatic N) is 3. The minimum Gasteiger partial charge on any atom is -0.493 e. The maximum Gasteiger partial charge on any atom is 0.329 e. The molecule has 11 heteroatoms. The monoisotopic (exact) mass is 473 g/mol. The SMILES string of the molecule is COc1cc(-c2nnc(COC(=O)C(C)N3C(=O)C4CCCCC4C3=O)o2)cc(OC)c1OC. The lowest BCUT2D eigenvalue weighted by atomic mass is 9.81. The Hall–Kier alpha value is -3.63. The fourth-order valence-electron chi connectivity index (χ4n) is 4.56. The van der Waals surface area contributed by atoms with Crippen LogP contribution in [0.5, 0.6) is 17.2 Å². The van der Waals surface area contributed by atoms with Gasteiger partial charge in [0.15, 0.2) is 18.1 Å². The highest BCUT2D eigenvalue weighted by molar-refractivity contribution is 6.07. The molecule has 1 aromatic carbocycles. The fourth-order valence-corrected chi connectivity index (χ4v) is 4.56. The van der Waals surface area contributed by atoms with Gasteiger partial charge < -0.3 is 23.4 Å². The molecule has 1 saturated heterocycles. The van der Waals surface area contributed by atoms with E-state index in [2.05, 4.69) is 10.2 Å². The molecule has 1 saturated carbocycles. The number of benzene rings is 1. The minimum absolute atomic E-state index is 0.0528. The number of methoxy groups -OCH3 is 3. The third kappa shape index (κ3) is 4.17. The van der Waals surface area contributed by atoms with E-state index in [-0.39, 0.29) is 42.0 Å². The molecule has 34 heavy (non-hydrogen) atoms. The van der Waals surface area contributed by atoms with Crippen molar-refractivity contribution in [2.75, 3.05) is 21.3 Å². The zero-order valence-corrected chi connectivity index (χ0v) is 19.5. The summed E-state index contributed by atoms with van der Waals surface area (Å²) in [5, 5.41) is 7.90. The van der Waals surface area contributed by atoms with Crippen LogP contribution in [0.15, 0.2) is 16.5 Å². The van der Waals surface area contributed by atoms with Crippen molar-refractivity contribution in [2.24, 2.45) is 11.8 Å². The average molecular weight is 473 g/mol. The van der Waals surface area contributed by atoms with Crippen molar-refractivity contribution >= 4 is 17.8 Å². The highest BCUT2D eigenvalue weighted by Gasteiger charge is 2.51. The van der Waals surface area contributed by atoms with E-state index < -0.39 is 12.0 Å². The highest BCUT2D eigenvalue weighted by atomic mass is 16.5. The molecule has 0 bridgehead atoms. The first kappa shape index (κ1) is 23.5. The average Bonchev–Trinajstić information content (AvgIpc) is 3.44. The summed E-state index contributed by atoms with van der Waals surface area (Å²) in [5.74, 6) is -0.487. The lowest BCUT2D eigenvalue weighted by molar-refractivity contribution is -0.159. The summed E-state index contributed by atoms with van der Waals surface area (Å²) in [7, 11) is 4.48. The van der Waals surface area contributed by atoms with Gasteiger partial charge in [0.05, 0.1) is 33.2 Å². The van der Waals surface area contributed by atoms with Crippen molar-refractivity contribution in [3.05, 3.63) is 18.0 Å². The normalized spacial score (nSPS) is 20.6. The number of carbonyl (C=O) groups is 3. The van der Waals surface area contributed by atoms with Gasteiger partial charge in [0, 0.05) is 5.56 Å². The Bertz CT molecular complexity index is 1050. The zero-order valence-electron chi connectivity index (χ0n) is 19.5. The van der Waals surface area contributed by atoms with Crippen molar-refractivity contribution in [1.82, 2.24) is 15.1 Å².